The van der Waals surface area contributed by atoms with Gasteiger partial charge in [0, 0.05) is 44.4 Å². The summed E-state index contributed by atoms with van der Waals surface area (Å²) in [6.45, 7) is 4.46. The molecular weight excluding hydrogens is 335 g/mol. The van der Waals surface area contributed by atoms with Crippen LogP contribution in [-0.4, -0.2) is 40.8 Å². The quantitative estimate of drug-likeness (QED) is 0.888. The lowest BCUT2D eigenvalue weighted by atomic mass is 9.98. The Kier molecular flexibility index (Phi) is 5.00. The Balaban J connectivity index is 1.81. The summed E-state index contributed by atoms with van der Waals surface area (Å²) in [5.41, 5.74) is 3.87. The molecular formula is C19H25FN4O2. The second kappa shape index (κ2) is 7.07. The largest absolute Gasteiger partial charge is 0.494 e. The van der Waals surface area contributed by atoms with Gasteiger partial charge in [-0.2, -0.15) is 5.10 Å². The normalized spacial score (nSPS) is 20.1. The van der Waals surface area contributed by atoms with E-state index in [9.17, 15) is 9.18 Å². The number of likely N-dealkylation sites (N-methyl/N-ethyl adjacent to an activating group) is 1. The number of hydrogen-bond donors (Lipinski definition) is 1. The summed E-state index contributed by atoms with van der Waals surface area (Å²) in [6.07, 6.45) is 0.410. The van der Waals surface area contributed by atoms with Crippen LogP contribution in [0.5, 0.6) is 5.75 Å². The van der Waals surface area contributed by atoms with Gasteiger partial charge in [0.2, 0.25) is 5.91 Å². The average molecular weight is 360 g/mol. The third kappa shape index (κ3) is 3.19. The van der Waals surface area contributed by atoms with Crippen molar-refractivity contribution in [3.63, 3.8) is 0 Å². The first kappa shape index (κ1) is 18.4. The smallest absolute Gasteiger partial charge is 0.224 e. The molecule has 1 aliphatic heterocycles. The first-order valence-electron chi connectivity index (χ1n) is 8.65. The van der Waals surface area contributed by atoms with Crippen LogP contribution in [0.2, 0.25) is 0 Å². The molecule has 7 heteroatoms. The monoisotopic (exact) mass is 360 g/mol. The van der Waals surface area contributed by atoms with Crippen molar-refractivity contribution in [2.45, 2.75) is 38.9 Å². The Morgan fingerprint density at radius 3 is 2.65 bits per heavy atom. The molecule has 2 heterocycles. The van der Waals surface area contributed by atoms with Crippen LogP contribution >= 0.6 is 0 Å². The maximum atomic E-state index is 13.9. The fourth-order valence-electron chi connectivity index (χ4n) is 3.73. The number of carbonyl (C=O) groups is 1. The number of ether oxygens (including phenoxy) is 1. The van der Waals surface area contributed by atoms with E-state index in [0.29, 0.717) is 13.0 Å². The molecule has 1 amide bonds. The molecule has 2 aromatic rings. The summed E-state index contributed by atoms with van der Waals surface area (Å²) >= 11 is 0. The van der Waals surface area contributed by atoms with E-state index >= 15 is 0 Å². The maximum absolute atomic E-state index is 13.9. The van der Waals surface area contributed by atoms with Crippen LogP contribution in [0.4, 0.5) is 4.39 Å². The third-order valence-corrected chi connectivity index (χ3v) is 5.23. The van der Waals surface area contributed by atoms with Crippen LogP contribution in [-0.2, 0) is 18.4 Å². The number of methoxy groups -OCH3 is 1. The number of halogens is 1. The van der Waals surface area contributed by atoms with Gasteiger partial charge in [0.05, 0.1) is 18.8 Å². The number of nitrogens with one attached hydrogen (secondary N) is 1. The van der Waals surface area contributed by atoms with E-state index in [1.54, 1.807) is 11.0 Å². The number of aromatic nitrogens is 2. The molecule has 1 fully saturated rings. The Morgan fingerprint density at radius 2 is 2.08 bits per heavy atom. The van der Waals surface area contributed by atoms with Crippen molar-refractivity contribution in [1.82, 2.24) is 20.0 Å². The lowest BCUT2D eigenvalue weighted by Gasteiger charge is -2.26. The zero-order chi connectivity index (χ0) is 19.0. The SMILES string of the molecule is COc1ccc(CN[C@@H]2CC(=O)N(C)[C@H]2c2c(C)nn(C)c2C)cc1F. The summed E-state index contributed by atoms with van der Waals surface area (Å²) in [7, 11) is 5.18. The third-order valence-electron chi connectivity index (χ3n) is 5.23. The van der Waals surface area contributed by atoms with Crippen LogP contribution in [0.3, 0.4) is 0 Å². The highest BCUT2D eigenvalue weighted by Gasteiger charge is 2.40. The first-order chi connectivity index (χ1) is 12.3. The van der Waals surface area contributed by atoms with Gasteiger partial charge in [0.25, 0.3) is 0 Å². The fraction of sp³-hybridized carbons (Fsp3) is 0.474. The molecule has 0 spiro atoms. The number of carbonyl (C=O) groups excluding carboxylic acids is 1. The van der Waals surface area contributed by atoms with Crippen molar-refractivity contribution in [3.8, 4) is 5.75 Å². The van der Waals surface area contributed by atoms with Crippen molar-refractivity contribution >= 4 is 5.91 Å². The van der Waals surface area contributed by atoms with Gasteiger partial charge in [-0.1, -0.05) is 6.07 Å². The number of likely N-dealkylation sites (tertiary alicyclic amines) is 1. The van der Waals surface area contributed by atoms with E-state index in [4.69, 9.17) is 4.74 Å². The minimum Gasteiger partial charge on any atom is -0.494 e. The second-order valence-corrected chi connectivity index (χ2v) is 6.82. The number of nitrogens with zero attached hydrogens (tertiary/aromatic N) is 3. The Bertz CT molecular complexity index is 833. The van der Waals surface area contributed by atoms with Gasteiger partial charge < -0.3 is 15.0 Å². The number of rotatable bonds is 5. The summed E-state index contributed by atoms with van der Waals surface area (Å²) < 4.78 is 20.7. The van der Waals surface area contributed by atoms with Crippen LogP contribution in [0, 0.1) is 19.7 Å². The zero-order valence-corrected chi connectivity index (χ0v) is 15.8. The zero-order valence-electron chi connectivity index (χ0n) is 15.8. The molecule has 1 aromatic carbocycles. The molecule has 1 saturated heterocycles. The molecule has 2 atom stereocenters. The fourth-order valence-corrected chi connectivity index (χ4v) is 3.73. The van der Waals surface area contributed by atoms with Crippen LogP contribution in [0.1, 0.15) is 35.0 Å². The lowest BCUT2D eigenvalue weighted by Crippen LogP contribution is -2.35. The number of benzene rings is 1. The van der Waals surface area contributed by atoms with Gasteiger partial charge in [0.1, 0.15) is 0 Å². The maximum Gasteiger partial charge on any atom is 0.224 e. The Hall–Kier alpha value is -2.41. The molecule has 0 bridgehead atoms. The van der Waals surface area contributed by atoms with Gasteiger partial charge in [-0.05, 0) is 31.5 Å². The van der Waals surface area contributed by atoms with E-state index in [1.807, 2.05) is 38.7 Å². The minimum absolute atomic E-state index is 0.0562. The molecule has 1 aromatic heterocycles. The van der Waals surface area contributed by atoms with E-state index < -0.39 is 0 Å². The van der Waals surface area contributed by atoms with Crippen molar-refractivity contribution in [1.29, 1.82) is 0 Å². The van der Waals surface area contributed by atoms with Crippen LogP contribution < -0.4 is 10.1 Å². The molecule has 0 saturated carbocycles. The number of hydrogen-bond acceptors (Lipinski definition) is 4. The van der Waals surface area contributed by atoms with Gasteiger partial charge in [0.15, 0.2) is 11.6 Å². The Morgan fingerprint density at radius 1 is 1.35 bits per heavy atom. The first-order valence-corrected chi connectivity index (χ1v) is 8.65. The van der Waals surface area contributed by atoms with Gasteiger partial charge in [-0.25, -0.2) is 4.39 Å². The summed E-state index contributed by atoms with van der Waals surface area (Å²) in [4.78, 5) is 14.1. The van der Waals surface area contributed by atoms with Gasteiger partial charge >= 0.3 is 0 Å². The molecule has 6 nitrogen and oxygen atoms in total. The van der Waals surface area contributed by atoms with Crippen LogP contribution in [0.15, 0.2) is 18.2 Å². The molecule has 26 heavy (non-hydrogen) atoms. The molecule has 1 aliphatic rings. The molecule has 140 valence electrons. The van der Waals surface area contributed by atoms with Crippen molar-refractivity contribution in [3.05, 3.63) is 46.5 Å². The van der Waals surface area contributed by atoms with Crippen molar-refractivity contribution < 1.29 is 13.9 Å². The summed E-state index contributed by atoms with van der Waals surface area (Å²) in [5, 5.41) is 7.91. The summed E-state index contributed by atoms with van der Waals surface area (Å²) in [5.74, 6) is -0.0676. The van der Waals surface area contributed by atoms with E-state index in [2.05, 4.69) is 10.4 Å². The Labute approximate surface area is 152 Å². The number of aryl methyl sites for hydroxylation is 2. The molecule has 1 N–H and O–H groups in total. The highest BCUT2D eigenvalue weighted by molar-refractivity contribution is 5.80. The molecule has 3 rings (SSSR count). The van der Waals surface area contributed by atoms with E-state index in [1.165, 1.54) is 13.2 Å². The van der Waals surface area contributed by atoms with Crippen LogP contribution in [0.25, 0.3) is 0 Å². The standard InChI is InChI=1S/C19H25FN4O2/c1-11-18(12(2)24(4)22-11)19-15(9-17(25)23(19)3)21-10-13-6-7-16(26-5)14(20)8-13/h6-8,15,19,21H,9-10H2,1-5H3/t15-,19-/m1/s1. The van der Waals surface area contributed by atoms with E-state index in [0.717, 1.165) is 22.5 Å². The summed E-state index contributed by atoms with van der Waals surface area (Å²) in [6, 6.07) is 4.76. The van der Waals surface area contributed by atoms with Crippen molar-refractivity contribution in [2.75, 3.05) is 14.2 Å². The molecule has 0 unspecified atom stereocenters. The van der Waals surface area contributed by atoms with Gasteiger partial charge in [-0.15, -0.1) is 0 Å². The topological polar surface area (TPSA) is 59.4 Å². The van der Waals surface area contributed by atoms with Crippen molar-refractivity contribution in [2.24, 2.45) is 7.05 Å². The molecule has 0 aliphatic carbocycles. The highest BCUT2D eigenvalue weighted by Crippen LogP contribution is 2.35. The molecule has 0 radical (unpaired) electrons. The van der Waals surface area contributed by atoms with E-state index in [-0.39, 0.29) is 29.6 Å². The second-order valence-electron chi connectivity index (χ2n) is 6.82. The highest BCUT2D eigenvalue weighted by atomic mass is 19.1. The average Bonchev–Trinajstić information content (AvgIpc) is 3.01. The number of amides is 1. The lowest BCUT2D eigenvalue weighted by molar-refractivity contribution is -0.127. The predicted molar refractivity (Wildman–Crippen MR) is 96.4 cm³/mol. The minimum atomic E-state index is -0.387. The van der Waals surface area contributed by atoms with Gasteiger partial charge in [-0.3, -0.25) is 9.48 Å². The predicted octanol–water partition coefficient (Wildman–Crippen LogP) is 2.25.